The van der Waals surface area contributed by atoms with E-state index >= 15 is 0 Å². The fraction of sp³-hybridized carbons (Fsp3) is 0.0938. The third-order valence-corrected chi connectivity index (χ3v) is 6.39. The molecular weight excluding hydrogens is 534 g/mol. The molecule has 2 amide bonds. The van der Waals surface area contributed by atoms with E-state index in [0.29, 0.717) is 39.6 Å². The number of fused-ring (bicyclic) bond motifs is 1. The number of ether oxygens (including phenoxy) is 2. The molecule has 4 aromatic carbocycles. The zero-order chi connectivity index (χ0) is 29.5. The normalized spacial score (nSPS) is 12.6. The van der Waals surface area contributed by atoms with Gasteiger partial charge in [0.25, 0.3) is 11.8 Å². The average Bonchev–Trinajstić information content (AvgIpc) is 3.47. The minimum Gasteiger partial charge on any atom is -0.507 e. The summed E-state index contributed by atoms with van der Waals surface area (Å²) in [6.45, 7) is 4.13. The molecule has 5 rings (SSSR count). The minimum atomic E-state index is -0.682. The summed E-state index contributed by atoms with van der Waals surface area (Å²) in [5, 5.41) is 25.4. The molecule has 10 nitrogen and oxygen atoms in total. The predicted octanol–water partition coefficient (Wildman–Crippen LogP) is 6.07. The van der Waals surface area contributed by atoms with Crippen molar-refractivity contribution in [3.05, 3.63) is 118 Å². The average molecular weight is 562 g/mol. The molecule has 1 aliphatic rings. The lowest BCUT2D eigenvalue weighted by molar-refractivity contribution is -0.117. The Hall–Kier alpha value is -5.77. The highest BCUT2D eigenvalue weighted by atomic mass is 16.7. The fourth-order valence-corrected chi connectivity index (χ4v) is 3.94. The number of azo groups is 1. The first-order chi connectivity index (χ1) is 20.4. The molecule has 1 aliphatic heterocycles. The Labute approximate surface area is 242 Å². The lowest BCUT2D eigenvalue weighted by atomic mass is 10.1. The van der Waals surface area contributed by atoms with E-state index in [1.54, 1.807) is 60.7 Å². The van der Waals surface area contributed by atoms with Crippen LogP contribution in [0.25, 0.3) is 6.08 Å². The highest BCUT2D eigenvalue weighted by Gasteiger charge is 2.17. The van der Waals surface area contributed by atoms with Gasteiger partial charge in [-0.25, -0.2) is 5.43 Å². The van der Waals surface area contributed by atoms with Crippen molar-refractivity contribution in [3.63, 3.8) is 0 Å². The second-order valence-corrected chi connectivity index (χ2v) is 9.40. The molecule has 1 heterocycles. The molecule has 3 N–H and O–H groups in total. The van der Waals surface area contributed by atoms with Crippen molar-refractivity contribution >= 4 is 35.5 Å². The van der Waals surface area contributed by atoms with E-state index in [9.17, 15) is 14.7 Å². The van der Waals surface area contributed by atoms with Crippen LogP contribution in [0, 0.1) is 13.8 Å². The summed E-state index contributed by atoms with van der Waals surface area (Å²) >= 11 is 0. The van der Waals surface area contributed by atoms with Crippen LogP contribution in [0.2, 0.25) is 0 Å². The Bertz CT molecular complexity index is 1730. The van der Waals surface area contributed by atoms with Gasteiger partial charge in [0.1, 0.15) is 11.4 Å². The zero-order valence-corrected chi connectivity index (χ0v) is 22.9. The van der Waals surface area contributed by atoms with Crippen LogP contribution in [0.4, 0.5) is 11.4 Å². The molecule has 0 spiro atoms. The van der Waals surface area contributed by atoms with Crippen LogP contribution < -0.4 is 20.2 Å². The van der Waals surface area contributed by atoms with Crippen LogP contribution in [-0.4, -0.2) is 29.9 Å². The van der Waals surface area contributed by atoms with Gasteiger partial charge in [0, 0.05) is 11.1 Å². The van der Waals surface area contributed by atoms with Crippen molar-refractivity contribution in [1.82, 2.24) is 10.7 Å². The van der Waals surface area contributed by atoms with Gasteiger partial charge in [0.2, 0.25) is 6.79 Å². The van der Waals surface area contributed by atoms with E-state index in [4.69, 9.17) is 9.47 Å². The van der Waals surface area contributed by atoms with Crippen molar-refractivity contribution in [2.24, 2.45) is 15.3 Å². The zero-order valence-electron chi connectivity index (χ0n) is 22.9. The number of phenols is 1. The highest BCUT2D eigenvalue weighted by molar-refractivity contribution is 6.05. The Morgan fingerprint density at radius 2 is 1.57 bits per heavy atom. The van der Waals surface area contributed by atoms with Crippen LogP contribution in [0.1, 0.15) is 32.6 Å². The van der Waals surface area contributed by atoms with Crippen molar-refractivity contribution in [2.75, 3.05) is 6.79 Å². The molecule has 0 saturated heterocycles. The number of benzene rings is 4. The Morgan fingerprint density at radius 1 is 0.833 bits per heavy atom. The number of nitrogens with one attached hydrogen (secondary N) is 2. The molecule has 0 unspecified atom stereocenters. The number of phenolic OH excluding ortho intramolecular Hbond substituents is 1. The summed E-state index contributed by atoms with van der Waals surface area (Å²) in [5.74, 6) is -0.0985. The number of hydrogen-bond donors (Lipinski definition) is 3. The SMILES string of the molecule is Cc1ccc(N=Nc2ccc(O)c(/C=N/NC(=O)/C(=C/c3ccc4c(c3)OCO4)NC(=O)c3ccccc3)c2)cc1C. The van der Waals surface area contributed by atoms with Crippen molar-refractivity contribution in [1.29, 1.82) is 0 Å². The van der Waals surface area contributed by atoms with Gasteiger partial charge in [0.05, 0.1) is 17.6 Å². The maximum atomic E-state index is 13.1. The van der Waals surface area contributed by atoms with Crippen LogP contribution in [0.3, 0.4) is 0 Å². The summed E-state index contributed by atoms with van der Waals surface area (Å²) in [7, 11) is 0. The van der Waals surface area contributed by atoms with Gasteiger partial charge in [0.15, 0.2) is 11.5 Å². The number of rotatable bonds is 8. The summed E-state index contributed by atoms with van der Waals surface area (Å²) in [4.78, 5) is 26.0. The smallest absolute Gasteiger partial charge is 0.287 e. The number of carbonyl (C=O) groups excluding carboxylic acids is 2. The second kappa shape index (κ2) is 12.6. The van der Waals surface area contributed by atoms with Crippen LogP contribution in [0.15, 0.2) is 106 Å². The number of aromatic hydroxyl groups is 1. The van der Waals surface area contributed by atoms with E-state index in [1.165, 1.54) is 18.4 Å². The molecular formula is C32H27N5O5. The highest BCUT2D eigenvalue weighted by Crippen LogP contribution is 2.33. The maximum absolute atomic E-state index is 13.1. The summed E-state index contributed by atoms with van der Waals surface area (Å²) in [6.07, 6.45) is 2.78. The van der Waals surface area contributed by atoms with E-state index in [2.05, 4.69) is 26.1 Å². The first-order valence-electron chi connectivity index (χ1n) is 13.0. The number of nitrogens with zero attached hydrogens (tertiary/aromatic N) is 3. The number of aryl methyl sites for hydroxylation is 2. The lowest BCUT2D eigenvalue weighted by Crippen LogP contribution is -2.32. The molecule has 0 atom stereocenters. The van der Waals surface area contributed by atoms with E-state index < -0.39 is 11.8 Å². The third kappa shape index (κ3) is 6.86. The second-order valence-electron chi connectivity index (χ2n) is 9.40. The summed E-state index contributed by atoms with van der Waals surface area (Å²) in [5.41, 5.74) is 7.08. The monoisotopic (exact) mass is 561 g/mol. The predicted molar refractivity (Wildman–Crippen MR) is 158 cm³/mol. The molecule has 0 radical (unpaired) electrons. The molecule has 10 heteroatoms. The number of hydrazone groups is 1. The Morgan fingerprint density at radius 3 is 2.36 bits per heavy atom. The largest absolute Gasteiger partial charge is 0.507 e. The van der Waals surface area contributed by atoms with Gasteiger partial charge < -0.3 is 19.9 Å². The summed E-state index contributed by atoms with van der Waals surface area (Å²) < 4.78 is 10.8. The van der Waals surface area contributed by atoms with Gasteiger partial charge in [-0.05, 0) is 91.2 Å². The first kappa shape index (κ1) is 27.8. The van der Waals surface area contributed by atoms with Crippen molar-refractivity contribution in [2.45, 2.75) is 13.8 Å². The Balaban J connectivity index is 1.33. The number of carbonyl (C=O) groups is 2. The molecule has 42 heavy (non-hydrogen) atoms. The third-order valence-electron chi connectivity index (χ3n) is 6.39. The maximum Gasteiger partial charge on any atom is 0.287 e. The quantitative estimate of drug-likeness (QED) is 0.104. The lowest BCUT2D eigenvalue weighted by Gasteiger charge is -2.09. The molecule has 0 bridgehead atoms. The van der Waals surface area contributed by atoms with Gasteiger partial charge in [-0.15, -0.1) is 0 Å². The van der Waals surface area contributed by atoms with Crippen molar-refractivity contribution < 1.29 is 24.2 Å². The molecule has 0 saturated carbocycles. The molecule has 210 valence electrons. The van der Waals surface area contributed by atoms with E-state index in [0.717, 1.165) is 11.1 Å². The molecule has 4 aromatic rings. The number of hydrogen-bond acceptors (Lipinski definition) is 8. The number of amides is 2. The van der Waals surface area contributed by atoms with E-state index in [1.807, 2.05) is 32.0 Å². The van der Waals surface area contributed by atoms with Crippen LogP contribution in [0.5, 0.6) is 17.2 Å². The topological polar surface area (TPSA) is 134 Å². The van der Waals surface area contributed by atoms with Crippen molar-refractivity contribution in [3.8, 4) is 17.2 Å². The molecule has 0 aliphatic carbocycles. The van der Waals surface area contributed by atoms with E-state index in [-0.39, 0.29) is 18.2 Å². The van der Waals surface area contributed by atoms with Gasteiger partial charge in [-0.2, -0.15) is 15.3 Å². The molecule has 0 fully saturated rings. The molecule has 0 aromatic heterocycles. The van der Waals surface area contributed by atoms with Gasteiger partial charge >= 0.3 is 0 Å². The fourth-order valence-electron chi connectivity index (χ4n) is 3.94. The summed E-state index contributed by atoms with van der Waals surface area (Å²) in [6, 6.07) is 24.1. The first-order valence-corrected chi connectivity index (χ1v) is 13.0. The van der Waals surface area contributed by atoms with Gasteiger partial charge in [-0.3, -0.25) is 9.59 Å². The van der Waals surface area contributed by atoms with Gasteiger partial charge in [-0.1, -0.05) is 30.3 Å². The van der Waals surface area contributed by atoms with Crippen LogP contribution in [-0.2, 0) is 4.79 Å². The minimum absolute atomic E-state index is 0.0555. The standard InChI is InChI=1S/C32H27N5O5/c1-20-8-10-25(14-21(20)2)35-36-26-11-12-28(38)24(17-26)18-33-37-32(40)27(34-31(39)23-6-4-3-5-7-23)15-22-9-13-29-30(16-22)42-19-41-29/h3-18,38H,19H2,1-2H3,(H,34,39)(H,37,40)/b27-15-,33-18+,36-35?. The Kier molecular flexibility index (Phi) is 8.34. The van der Waals surface area contributed by atoms with Crippen LogP contribution >= 0.6 is 0 Å².